The second-order valence-electron chi connectivity index (χ2n) is 6.77. The van der Waals surface area contributed by atoms with Crippen LogP contribution in [0.25, 0.3) is 0 Å². The molecule has 2 unspecified atom stereocenters. The fraction of sp³-hybridized carbons (Fsp3) is 0.174. The normalized spacial score (nSPS) is 17.1. The van der Waals surface area contributed by atoms with Crippen molar-refractivity contribution >= 4 is 11.4 Å². The van der Waals surface area contributed by atoms with Crippen molar-refractivity contribution in [2.24, 2.45) is 10.2 Å². The van der Waals surface area contributed by atoms with Crippen molar-refractivity contribution < 1.29 is 9.50 Å². The summed E-state index contributed by atoms with van der Waals surface area (Å²) < 4.78 is 13.3. The van der Waals surface area contributed by atoms with Crippen molar-refractivity contribution in [3.63, 3.8) is 0 Å². The maximum absolute atomic E-state index is 13.3. The monoisotopic (exact) mass is 373 g/mol. The van der Waals surface area contributed by atoms with E-state index in [0.29, 0.717) is 17.8 Å². The number of pyridine rings is 1. The largest absolute Gasteiger partial charge is 0.387 e. The number of aryl methyl sites for hydroxylation is 1. The minimum absolute atomic E-state index is 0.278. The molecule has 0 bridgehead atoms. The van der Waals surface area contributed by atoms with Crippen LogP contribution in [0.5, 0.6) is 0 Å². The van der Waals surface area contributed by atoms with Gasteiger partial charge in [-0.1, -0.05) is 42.5 Å². The Kier molecular flexibility index (Phi) is 5.35. The number of nitrogens with zero attached hydrogens (tertiary/aromatic N) is 3. The number of hydrogen-bond acceptors (Lipinski definition) is 4. The first-order valence-electron chi connectivity index (χ1n) is 9.25. The first kappa shape index (κ1) is 18.2. The summed E-state index contributed by atoms with van der Waals surface area (Å²) in [4.78, 5) is 4.08. The molecule has 4 nitrogen and oxygen atoms in total. The van der Waals surface area contributed by atoms with Gasteiger partial charge >= 0.3 is 0 Å². The molecule has 2 heterocycles. The van der Waals surface area contributed by atoms with Crippen molar-refractivity contribution in [1.82, 2.24) is 4.98 Å². The van der Waals surface area contributed by atoms with Crippen LogP contribution in [-0.4, -0.2) is 27.6 Å². The van der Waals surface area contributed by atoms with E-state index in [1.165, 1.54) is 17.7 Å². The zero-order valence-corrected chi connectivity index (χ0v) is 15.2. The van der Waals surface area contributed by atoms with E-state index in [0.717, 1.165) is 17.5 Å². The molecule has 28 heavy (non-hydrogen) atoms. The van der Waals surface area contributed by atoms with E-state index in [9.17, 15) is 9.50 Å². The third-order valence-corrected chi connectivity index (χ3v) is 4.91. The first-order chi connectivity index (χ1) is 13.7. The highest BCUT2D eigenvalue weighted by Gasteiger charge is 2.33. The van der Waals surface area contributed by atoms with Crippen LogP contribution < -0.4 is 0 Å². The second-order valence-corrected chi connectivity index (χ2v) is 6.77. The van der Waals surface area contributed by atoms with Crippen molar-refractivity contribution in [3.8, 4) is 0 Å². The number of benzene rings is 2. The molecule has 0 spiro atoms. The Morgan fingerprint density at radius 1 is 0.893 bits per heavy atom. The number of aromatic nitrogens is 1. The van der Waals surface area contributed by atoms with E-state index in [1.54, 1.807) is 24.5 Å². The van der Waals surface area contributed by atoms with Crippen LogP contribution in [0.2, 0.25) is 0 Å². The molecule has 2 atom stereocenters. The molecule has 2 aromatic carbocycles. The van der Waals surface area contributed by atoms with Crippen LogP contribution in [0, 0.1) is 5.82 Å². The Labute approximate surface area is 163 Å². The van der Waals surface area contributed by atoms with Crippen molar-refractivity contribution in [2.45, 2.75) is 24.9 Å². The highest BCUT2D eigenvalue weighted by Crippen LogP contribution is 2.30. The Balaban J connectivity index is 1.59. The average molecular weight is 373 g/mol. The van der Waals surface area contributed by atoms with Gasteiger partial charge in [0.15, 0.2) is 0 Å². The Morgan fingerprint density at radius 2 is 1.61 bits per heavy atom. The van der Waals surface area contributed by atoms with E-state index in [1.807, 2.05) is 42.5 Å². The standard InChI is InChI=1S/C23H20FN3O/c24-19-9-7-18(8-10-19)22-21(17-12-14-25-15-13-17)23(27-26-22)20(28)11-6-16-4-2-1-3-5-16/h1-5,7-10,12-15,20-21,28H,6,11H2. The highest BCUT2D eigenvalue weighted by molar-refractivity contribution is 6.22. The molecule has 1 aromatic heterocycles. The molecule has 0 radical (unpaired) electrons. The number of aliphatic hydroxyl groups is 1. The van der Waals surface area contributed by atoms with Gasteiger partial charge in [0.05, 0.1) is 23.4 Å². The summed E-state index contributed by atoms with van der Waals surface area (Å²) in [7, 11) is 0. The van der Waals surface area contributed by atoms with Gasteiger partial charge in [0.1, 0.15) is 5.82 Å². The molecular formula is C23H20FN3O. The third-order valence-electron chi connectivity index (χ3n) is 4.91. The second kappa shape index (κ2) is 8.23. The van der Waals surface area contributed by atoms with Crippen LogP contribution in [0.4, 0.5) is 4.39 Å². The lowest BCUT2D eigenvalue weighted by molar-refractivity contribution is 0.229. The summed E-state index contributed by atoms with van der Waals surface area (Å²) in [5.74, 6) is -0.578. The molecule has 3 aromatic rings. The van der Waals surface area contributed by atoms with Gasteiger partial charge in [0, 0.05) is 12.4 Å². The molecule has 1 aliphatic rings. The van der Waals surface area contributed by atoms with Gasteiger partial charge in [0.2, 0.25) is 0 Å². The predicted octanol–water partition coefficient (Wildman–Crippen LogP) is 4.16. The fourth-order valence-corrected chi connectivity index (χ4v) is 3.45. The fourth-order valence-electron chi connectivity index (χ4n) is 3.45. The summed E-state index contributed by atoms with van der Waals surface area (Å²) in [6.45, 7) is 0. The molecule has 1 N–H and O–H groups in total. The minimum atomic E-state index is -0.722. The molecule has 0 amide bonds. The maximum atomic E-state index is 13.3. The maximum Gasteiger partial charge on any atom is 0.123 e. The van der Waals surface area contributed by atoms with Gasteiger partial charge < -0.3 is 5.11 Å². The van der Waals surface area contributed by atoms with Gasteiger partial charge in [-0.2, -0.15) is 10.2 Å². The predicted molar refractivity (Wildman–Crippen MR) is 108 cm³/mol. The van der Waals surface area contributed by atoms with Crippen molar-refractivity contribution in [1.29, 1.82) is 0 Å². The Hall–Kier alpha value is -3.18. The average Bonchev–Trinajstić information content (AvgIpc) is 3.19. The molecule has 0 fully saturated rings. The van der Waals surface area contributed by atoms with Gasteiger partial charge in [0.25, 0.3) is 0 Å². The topological polar surface area (TPSA) is 57.8 Å². The lowest BCUT2D eigenvalue weighted by atomic mass is 9.84. The first-order valence-corrected chi connectivity index (χ1v) is 9.25. The minimum Gasteiger partial charge on any atom is -0.387 e. The molecule has 0 saturated heterocycles. The molecule has 5 heteroatoms. The van der Waals surface area contributed by atoms with Crippen LogP contribution in [0.1, 0.15) is 29.0 Å². The smallest absolute Gasteiger partial charge is 0.123 e. The lowest BCUT2D eigenvalue weighted by Gasteiger charge is -2.20. The summed E-state index contributed by atoms with van der Waals surface area (Å²) in [6, 6.07) is 20.0. The number of hydrogen-bond donors (Lipinski definition) is 1. The molecule has 1 aliphatic heterocycles. The molecular weight excluding hydrogens is 353 g/mol. The van der Waals surface area contributed by atoms with Gasteiger partial charge in [-0.15, -0.1) is 0 Å². The summed E-state index contributed by atoms with van der Waals surface area (Å²) in [5.41, 5.74) is 4.23. The Bertz CT molecular complexity index is 985. The van der Waals surface area contributed by atoms with Gasteiger partial charge in [-0.05, 0) is 53.8 Å². The number of aliphatic hydroxyl groups excluding tert-OH is 1. The van der Waals surface area contributed by atoms with Crippen LogP contribution in [0.3, 0.4) is 0 Å². The van der Waals surface area contributed by atoms with Crippen molar-refractivity contribution in [3.05, 3.63) is 102 Å². The summed E-state index contributed by atoms with van der Waals surface area (Å²) in [6.07, 6.45) is 4.00. The van der Waals surface area contributed by atoms with E-state index >= 15 is 0 Å². The van der Waals surface area contributed by atoms with E-state index < -0.39 is 6.10 Å². The van der Waals surface area contributed by atoms with Gasteiger partial charge in [-0.3, -0.25) is 4.98 Å². The van der Waals surface area contributed by atoms with E-state index in [4.69, 9.17) is 0 Å². The molecule has 0 saturated carbocycles. The van der Waals surface area contributed by atoms with Crippen LogP contribution >= 0.6 is 0 Å². The quantitative estimate of drug-likeness (QED) is 0.705. The Morgan fingerprint density at radius 3 is 2.32 bits per heavy atom. The zero-order valence-electron chi connectivity index (χ0n) is 15.2. The zero-order chi connectivity index (χ0) is 19.3. The van der Waals surface area contributed by atoms with Crippen LogP contribution in [0.15, 0.2) is 89.3 Å². The third kappa shape index (κ3) is 3.89. The summed E-state index contributed by atoms with van der Waals surface area (Å²) in [5, 5.41) is 19.6. The molecule has 0 aliphatic carbocycles. The van der Waals surface area contributed by atoms with Crippen LogP contribution in [-0.2, 0) is 6.42 Å². The number of halogens is 1. The highest BCUT2D eigenvalue weighted by atomic mass is 19.1. The van der Waals surface area contributed by atoms with Crippen molar-refractivity contribution in [2.75, 3.05) is 0 Å². The van der Waals surface area contributed by atoms with E-state index in [2.05, 4.69) is 15.2 Å². The lowest BCUT2D eigenvalue weighted by Crippen LogP contribution is -2.29. The summed E-state index contributed by atoms with van der Waals surface area (Å²) >= 11 is 0. The number of rotatable bonds is 6. The SMILES string of the molecule is OC(CCc1ccccc1)C1=NN=C(c2ccc(F)cc2)C1c1ccncc1. The molecule has 4 rings (SSSR count). The molecule has 140 valence electrons. The van der Waals surface area contributed by atoms with E-state index in [-0.39, 0.29) is 11.7 Å². The van der Waals surface area contributed by atoms with Gasteiger partial charge in [-0.25, -0.2) is 4.39 Å².